The number of fused-ring (bicyclic) bond motifs is 1. The molecule has 2 atom stereocenters. The van der Waals surface area contributed by atoms with Gasteiger partial charge in [-0.3, -0.25) is 19.4 Å². The van der Waals surface area contributed by atoms with Gasteiger partial charge in [0.25, 0.3) is 5.91 Å². The molecule has 2 unspecified atom stereocenters. The summed E-state index contributed by atoms with van der Waals surface area (Å²) in [6.07, 6.45) is 13.8. The highest BCUT2D eigenvalue weighted by Gasteiger charge is 2.30. The molecule has 3 aromatic carbocycles. The Hall–Kier alpha value is -6.59. The van der Waals surface area contributed by atoms with Crippen molar-refractivity contribution in [3.8, 4) is 22.9 Å². The maximum Gasteiger partial charge on any atom is 0.255 e. The maximum absolute atomic E-state index is 14.5. The topological polar surface area (TPSA) is 131 Å². The number of benzene rings is 3. The third-order valence-corrected chi connectivity index (χ3v) is 13.9. The Labute approximate surface area is 450 Å². The summed E-state index contributed by atoms with van der Waals surface area (Å²) in [7, 11) is 6.54. The number of nitrogens with one attached hydrogen (secondary N) is 2. The van der Waals surface area contributed by atoms with Gasteiger partial charge in [0.15, 0.2) is 0 Å². The number of hydrogen-bond acceptors (Lipinski definition) is 7. The second-order valence-corrected chi connectivity index (χ2v) is 20.3. The van der Waals surface area contributed by atoms with Gasteiger partial charge in [-0.05, 0) is 167 Å². The summed E-state index contributed by atoms with van der Waals surface area (Å²) in [5.74, 6) is 1.86. The number of aromatic hydroxyl groups is 1. The molecule has 3 N–H and O–H groups in total. The number of phenolic OH excluding ortho intramolecular Hbond substituents is 1. The molecular weight excluding hydrogens is 933 g/mol. The quantitative estimate of drug-likeness (QED) is 0.0381. The lowest BCUT2D eigenvalue weighted by Crippen LogP contribution is -3.05. The van der Waals surface area contributed by atoms with E-state index in [0.717, 1.165) is 67.0 Å². The predicted molar refractivity (Wildman–Crippen MR) is 311 cm³/mol. The molecule has 0 saturated heterocycles. The molecule has 0 spiro atoms. The molecule has 2 aliphatic heterocycles. The SMILES string of the molecule is CC.CCCC(CCOc1ccc(CC(C)=O)cn1)CC[NH+](C)C.CCCc1cc(-c2cc(C(/C=C(\C)C3=NC3)=C(C)C)c(C)n2C)c(C(=O)N2Cc3ccccc3CC2C)cc1CC.O=CNc1ccc(O)cc1. The van der Waals surface area contributed by atoms with Crippen LogP contribution in [0.2, 0.25) is 0 Å². The van der Waals surface area contributed by atoms with Gasteiger partial charge in [-0.25, -0.2) is 4.98 Å². The van der Waals surface area contributed by atoms with E-state index in [1.54, 1.807) is 25.3 Å². The zero-order valence-corrected chi connectivity index (χ0v) is 48.0. The first-order valence-electron chi connectivity index (χ1n) is 27.4. The van der Waals surface area contributed by atoms with Crippen LogP contribution in [0.1, 0.15) is 151 Å². The van der Waals surface area contributed by atoms with Gasteiger partial charge in [-0.1, -0.05) is 89.8 Å². The van der Waals surface area contributed by atoms with Gasteiger partial charge in [-0.15, -0.1) is 0 Å². The summed E-state index contributed by atoms with van der Waals surface area (Å²) < 4.78 is 8.02. The molecule has 0 aliphatic carbocycles. The van der Waals surface area contributed by atoms with E-state index in [9.17, 15) is 14.4 Å². The second-order valence-electron chi connectivity index (χ2n) is 20.3. The molecule has 0 radical (unpaired) electrons. The first kappa shape index (κ1) is 61.0. The van der Waals surface area contributed by atoms with Gasteiger partial charge in [0.05, 0.1) is 39.5 Å². The van der Waals surface area contributed by atoms with Gasteiger partial charge < -0.3 is 29.5 Å². The van der Waals surface area contributed by atoms with E-state index in [1.165, 1.54) is 98.8 Å². The van der Waals surface area contributed by atoms with Crippen LogP contribution in [-0.2, 0) is 48.9 Å². The number of nitrogens with zero attached hydrogens (tertiary/aromatic N) is 4. The fourth-order valence-corrected chi connectivity index (χ4v) is 9.50. The average molecular weight is 1020 g/mol. The molecule has 404 valence electrons. The number of aryl methyl sites for hydroxylation is 2. The number of allylic oxidation sites excluding steroid dienone is 3. The van der Waals surface area contributed by atoms with Crippen LogP contribution >= 0.6 is 0 Å². The third kappa shape index (κ3) is 18.3. The summed E-state index contributed by atoms with van der Waals surface area (Å²) >= 11 is 0. The van der Waals surface area contributed by atoms with Crippen molar-refractivity contribution in [3.05, 3.63) is 147 Å². The van der Waals surface area contributed by atoms with E-state index in [-0.39, 0.29) is 23.5 Å². The third-order valence-electron chi connectivity index (χ3n) is 13.9. The average Bonchev–Trinajstić information content (AvgIpc) is 4.21. The van der Waals surface area contributed by atoms with E-state index in [4.69, 9.17) is 9.84 Å². The Morgan fingerprint density at radius 2 is 1.59 bits per heavy atom. The monoisotopic (exact) mass is 1020 g/mol. The van der Waals surface area contributed by atoms with Crippen molar-refractivity contribution in [1.29, 1.82) is 0 Å². The zero-order valence-electron chi connectivity index (χ0n) is 48.0. The number of amides is 2. The van der Waals surface area contributed by atoms with Crippen molar-refractivity contribution in [3.63, 3.8) is 0 Å². The highest BCUT2D eigenvalue weighted by atomic mass is 16.5. The number of rotatable bonds is 21. The van der Waals surface area contributed by atoms with Crippen molar-refractivity contribution >= 4 is 35.1 Å². The van der Waals surface area contributed by atoms with Crippen LogP contribution in [-0.4, -0.2) is 83.2 Å². The summed E-state index contributed by atoms with van der Waals surface area (Å²) in [4.78, 5) is 47.7. The number of pyridine rings is 1. The molecule has 0 fully saturated rings. The highest BCUT2D eigenvalue weighted by Crippen LogP contribution is 2.37. The molecule has 2 aromatic heterocycles. The first-order chi connectivity index (χ1) is 36.0. The van der Waals surface area contributed by atoms with Gasteiger partial charge in [-0.2, -0.15) is 0 Å². The van der Waals surface area contributed by atoms with E-state index >= 15 is 0 Å². The number of anilines is 1. The molecule has 2 amide bonds. The Bertz CT molecular complexity index is 2720. The van der Waals surface area contributed by atoms with Crippen LogP contribution in [0.4, 0.5) is 5.69 Å². The van der Waals surface area contributed by atoms with Crippen molar-refractivity contribution in [2.75, 3.05) is 39.1 Å². The number of carbonyl (C=O) groups is 3. The van der Waals surface area contributed by atoms with Crippen molar-refractivity contribution < 1.29 is 29.1 Å². The number of aliphatic imine (C=N–C) groups is 1. The summed E-state index contributed by atoms with van der Waals surface area (Å²) in [6, 6.07) is 25.5. The maximum atomic E-state index is 14.5. The number of Topliss-reactive ketones (excluding diaryl/α,β-unsaturated/α-hetero) is 1. The van der Waals surface area contributed by atoms with Crippen LogP contribution < -0.4 is 15.0 Å². The number of phenols is 1. The molecule has 4 heterocycles. The van der Waals surface area contributed by atoms with Crippen molar-refractivity contribution in [1.82, 2.24) is 14.5 Å². The van der Waals surface area contributed by atoms with Crippen LogP contribution in [0.5, 0.6) is 11.6 Å². The smallest absolute Gasteiger partial charge is 0.255 e. The normalized spacial score (nSPS) is 13.9. The number of carbonyl (C=O) groups excluding carboxylic acids is 3. The van der Waals surface area contributed by atoms with Gasteiger partial charge in [0.1, 0.15) is 11.5 Å². The summed E-state index contributed by atoms with van der Waals surface area (Å²) in [6.45, 7) is 26.6. The fourth-order valence-electron chi connectivity index (χ4n) is 9.50. The molecule has 7 rings (SSSR count). The Morgan fingerprint density at radius 1 is 0.893 bits per heavy atom. The van der Waals surface area contributed by atoms with Crippen molar-refractivity contribution in [2.24, 2.45) is 18.0 Å². The fraction of sp³-hybridized carbons (Fsp3) is 0.453. The molecule has 11 nitrogen and oxygen atoms in total. The lowest BCUT2D eigenvalue weighted by Gasteiger charge is -2.35. The van der Waals surface area contributed by atoms with Gasteiger partial charge >= 0.3 is 0 Å². The predicted octanol–water partition coefficient (Wildman–Crippen LogP) is 12.2. The molecular formula is C64H89N6O5+. The first-order valence-corrected chi connectivity index (χ1v) is 27.4. The van der Waals surface area contributed by atoms with Crippen LogP contribution in [0.15, 0.2) is 107 Å². The van der Waals surface area contributed by atoms with Crippen LogP contribution in [0.3, 0.4) is 0 Å². The van der Waals surface area contributed by atoms with E-state index in [2.05, 4.69) is 150 Å². The minimum Gasteiger partial charge on any atom is -0.508 e. The minimum atomic E-state index is 0.130. The molecule has 2 aliphatic rings. The molecule has 5 aromatic rings. The lowest BCUT2D eigenvalue weighted by molar-refractivity contribution is -0.858. The standard InChI is InChI=1S/C37H45N3O.C18H30N2O2.C7H7NO2.C2H6/c1-9-13-28-19-33(36-20-32(26(7)39(36)8)31(23(3)4)16-24(5)35-21-38-35)34(18-27(28)10-2)37(41)40-22-30-15-12-11-14-29(30)17-25(40)6;1-5-6-16(9-11-20(3)4)10-12-22-18-8-7-17(14-19-18)13-15(2)21;9-5-8-6-1-3-7(10)4-2-6;1-2/h11-12,14-16,18-20,25H,9-10,13,17,21-22H2,1-8H3;7-8,14,16H,5-6,9-13H2,1-4H3;1-5,10H,(H,8,9);1-2H3/p+1/b24-16+;;;. The van der Waals surface area contributed by atoms with Gasteiger partial charge in [0.2, 0.25) is 12.3 Å². The molecule has 11 heteroatoms. The van der Waals surface area contributed by atoms with E-state index in [0.29, 0.717) is 37.5 Å². The van der Waals surface area contributed by atoms with E-state index in [1.807, 2.05) is 26.0 Å². The molecule has 75 heavy (non-hydrogen) atoms. The zero-order chi connectivity index (χ0) is 55.2. The van der Waals surface area contributed by atoms with E-state index < -0.39 is 0 Å². The Balaban J connectivity index is 0.000000297. The number of aromatic nitrogens is 2. The minimum absolute atomic E-state index is 0.130. The van der Waals surface area contributed by atoms with Crippen LogP contribution in [0.25, 0.3) is 16.8 Å². The summed E-state index contributed by atoms with van der Waals surface area (Å²) in [5, 5.41) is 11.3. The van der Waals surface area contributed by atoms with Crippen molar-refractivity contribution in [2.45, 2.75) is 147 Å². The largest absolute Gasteiger partial charge is 0.508 e. The number of ether oxygens (including phenoxy) is 1. The highest BCUT2D eigenvalue weighted by molar-refractivity contribution is 6.11. The second kappa shape index (κ2) is 30.7. The number of hydrogen-bond donors (Lipinski definition) is 3. The Morgan fingerprint density at radius 3 is 2.16 bits per heavy atom. The Kier molecular flexibility index (Phi) is 25.0. The number of quaternary nitrogens is 1. The van der Waals surface area contributed by atoms with Gasteiger partial charge in [0, 0.05) is 72.1 Å². The number of ketones is 1. The lowest BCUT2D eigenvalue weighted by atomic mass is 9.90. The van der Waals surface area contributed by atoms with Crippen LogP contribution in [0, 0.1) is 12.8 Å². The molecule has 0 bridgehead atoms. The summed E-state index contributed by atoms with van der Waals surface area (Å²) in [5.41, 5.74) is 17.2. The molecule has 0 saturated carbocycles.